The third-order valence-electron chi connectivity index (χ3n) is 6.40. The number of carbonyl (C=O) groups excluding carboxylic acids is 1. The van der Waals surface area contributed by atoms with E-state index < -0.39 is 12.2 Å². The molecule has 35 heavy (non-hydrogen) atoms. The van der Waals surface area contributed by atoms with Crippen LogP contribution in [0.5, 0.6) is 5.88 Å². The van der Waals surface area contributed by atoms with Crippen molar-refractivity contribution in [3.05, 3.63) is 48.3 Å². The third-order valence-corrected chi connectivity index (χ3v) is 6.40. The van der Waals surface area contributed by atoms with Gasteiger partial charge in [-0.2, -0.15) is 0 Å². The van der Waals surface area contributed by atoms with Gasteiger partial charge < -0.3 is 19.3 Å². The summed E-state index contributed by atoms with van der Waals surface area (Å²) in [6.07, 6.45) is -1.46. The second-order valence-electron chi connectivity index (χ2n) is 9.11. The van der Waals surface area contributed by atoms with E-state index in [0.717, 1.165) is 38.7 Å². The van der Waals surface area contributed by atoms with Crippen molar-refractivity contribution in [2.24, 2.45) is 0 Å². The normalized spacial score (nSPS) is 22.2. The fraction of sp³-hybridized carbons (Fsp3) is 0.542. The Kier molecular flexibility index (Phi) is 7.63. The standard InChI is InChI=1S/C24H30F3N5O3/c1-17-15-32(18(2)14-31(17)21-12-29-22(13-28-21)35-24(25,26)27)23(33)34-20-8-10-30(11-9-20)16-19-6-4-3-5-7-19/h3-7,12-13,17-18,20H,8-11,14-16H2,1-2H3/t17-,18-/m1/s1. The number of alkyl halides is 3. The van der Waals surface area contributed by atoms with Gasteiger partial charge in [-0.25, -0.2) is 14.8 Å². The van der Waals surface area contributed by atoms with E-state index in [1.54, 1.807) is 4.90 Å². The molecule has 1 amide bonds. The van der Waals surface area contributed by atoms with Crippen molar-refractivity contribution >= 4 is 11.9 Å². The Hall–Kier alpha value is -3.08. The molecule has 4 rings (SSSR count). The largest absolute Gasteiger partial charge is 0.574 e. The molecule has 1 aromatic heterocycles. The lowest BCUT2D eigenvalue weighted by Gasteiger charge is -2.44. The first-order valence-corrected chi connectivity index (χ1v) is 11.8. The first kappa shape index (κ1) is 25.0. The number of aromatic nitrogens is 2. The number of amides is 1. The first-order chi connectivity index (χ1) is 16.7. The summed E-state index contributed by atoms with van der Waals surface area (Å²) in [6.45, 7) is 7.35. The zero-order valence-electron chi connectivity index (χ0n) is 19.8. The Labute approximate surface area is 202 Å². The fourth-order valence-corrected chi connectivity index (χ4v) is 4.57. The van der Waals surface area contributed by atoms with Crippen molar-refractivity contribution in [2.45, 2.75) is 57.8 Å². The Bertz CT molecular complexity index is 969. The van der Waals surface area contributed by atoms with E-state index in [-0.39, 0.29) is 24.3 Å². The summed E-state index contributed by atoms with van der Waals surface area (Å²) in [7, 11) is 0. The molecule has 0 saturated carbocycles. The number of carbonyl (C=O) groups is 1. The molecule has 0 aliphatic carbocycles. The Morgan fingerprint density at radius 1 is 1.03 bits per heavy atom. The fourth-order valence-electron chi connectivity index (χ4n) is 4.57. The second-order valence-corrected chi connectivity index (χ2v) is 9.11. The quantitative estimate of drug-likeness (QED) is 0.622. The zero-order valence-corrected chi connectivity index (χ0v) is 19.8. The van der Waals surface area contributed by atoms with Gasteiger partial charge in [-0.05, 0) is 32.3 Å². The average molecular weight is 494 g/mol. The molecule has 2 saturated heterocycles. The van der Waals surface area contributed by atoms with Crippen molar-refractivity contribution in [3.63, 3.8) is 0 Å². The highest BCUT2D eigenvalue weighted by atomic mass is 19.4. The predicted molar refractivity (Wildman–Crippen MR) is 123 cm³/mol. The van der Waals surface area contributed by atoms with Crippen LogP contribution in [-0.2, 0) is 11.3 Å². The molecule has 8 nitrogen and oxygen atoms in total. The van der Waals surface area contributed by atoms with Crippen molar-refractivity contribution in [2.75, 3.05) is 31.1 Å². The molecule has 0 bridgehead atoms. The molecule has 11 heteroatoms. The van der Waals surface area contributed by atoms with E-state index >= 15 is 0 Å². The van der Waals surface area contributed by atoms with Crippen LogP contribution in [0.2, 0.25) is 0 Å². The van der Waals surface area contributed by atoms with Crippen molar-refractivity contribution < 1.29 is 27.4 Å². The van der Waals surface area contributed by atoms with Gasteiger partial charge in [0, 0.05) is 44.8 Å². The molecule has 0 radical (unpaired) electrons. The minimum absolute atomic E-state index is 0.109. The van der Waals surface area contributed by atoms with Gasteiger partial charge in [0.15, 0.2) is 0 Å². The zero-order chi connectivity index (χ0) is 25.0. The van der Waals surface area contributed by atoms with Crippen LogP contribution in [0.1, 0.15) is 32.3 Å². The summed E-state index contributed by atoms with van der Waals surface area (Å²) < 4.78 is 46.7. The molecule has 1 aromatic carbocycles. The van der Waals surface area contributed by atoms with E-state index in [0.29, 0.717) is 18.9 Å². The van der Waals surface area contributed by atoms with Crippen molar-refractivity contribution in [3.8, 4) is 5.88 Å². The maximum absolute atomic E-state index is 12.9. The van der Waals surface area contributed by atoms with E-state index in [4.69, 9.17) is 4.74 Å². The molecule has 2 atom stereocenters. The number of halogens is 3. The molecule has 0 spiro atoms. The Balaban J connectivity index is 1.26. The number of benzene rings is 1. The van der Waals surface area contributed by atoms with Crippen LogP contribution in [0.3, 0.4) is 0 Å². The predicted octanol–water partition coefficient (Wildman–Crippen LogP) is 4.08. The first-order valence-electron chi connectivity index (χ1n) is 11.8. The number of hydrogen-bond donors (Lipinski definition) is 0. The number of ether oxygens (including phenoxy) is 2. The smallest absolute Gasteiger partial charge is 0.446 e. The highest BCUT2D eigenvalue weighted by Gasteiger charge is 2.36. The van der Waals surface area contributed by atoms with Gasteiger partial charge in [-0.3, -0.25) is 4.90 Å². The lowest BCUT2D eigenvalue weighted by molar-refractivity contribution is -0.276. The lowest BCUT2D eigenvalue weighted by Crippen LogP contribution is -2.59. The van der Waals surface area contributed by atoms with Crippen LogP contribution in [0.25, 0.3) is 0 Å². The van der Waals surface area contributed by atoms with E-state index in [2.05, 4.69) is 31.7 Å². The molecule has 0 N–H and O–H groups in total. The summed E-state index contributed by atoms with van der Waals surface area (Å²) in [5.74, 6) is -0.184. The van der Waals surface area contributed by atoms with Gasteiger partial charge >= 0.3 is 12.5 Å². The number of likely N-dealkylation sites (tertiary alicyclic amines) is 1. The SMILES string of the molecule is C[C@@H]1CN(c2cnc(OC(F)(F)F)cn2)[C@H](C)CN1C(=O)OC1CCN(Cc2ccccc2)CC1. The van der Waals surface area contributed by atoms with Gasteiger partial charge in [-0.15, -0.1) is 13.2 Å². The molecular weight excluding hydrogens is 463 g/mol. The molecule has 2 aliphatic heterocycles. The average Bonchev–Trinajstić information content (AvgIpc) is 2.82. The van der Waals surface area contributed by atoms with Gasteiger partial charge in [0.05, 0.1) is 12.4 Å². The summed E-state index contributed by atoms with van der Waals surface area (Å²) >= 11 is 0. The number of piperidine rings is 1. The van der Waals surface area contributed by atoms with E-state index in [9.17, 15) is 18.0 Å². The maximum atomic E-state index is 12.9. The van der Waals surface area contributed by atoms with Crippen LogP contribution < -0.4 is 9.64 Å². The molecule has 0 unspecified atom stereocenters. The molecule has 2 aliphatic rings. The number of anilines is 1. The number of rotatable bonds is 5. The summed E-state index contributed by atoms with van der Waals surface area (Å²) in [6, 6.07) is 10.0. The number of piperazine rings is 1. The topological polar surface area (TPSA) is 71.0 Å². The van der Waals surface area contributed by atoms with E-state index in [1.165, 1.54) is 11.8 Å². The summed E-state index contributed by atoms with van der Waals surface area (Å²) in [5.41, 5.74) is 1.27. The van der Waals surface area contributed by atoms with Crippen molar-refractivity contribution in [1.29, 1.82) is 0 Å². The second kappa shape index (κ2) is 10.7. The van der Waals surface area contributed by atoms with Gasteiger partial charge in [0.1, 0.15) is 11.9 Å². The monoisotopic (exact) mass is 493 g/mol. The highest BCUT2D eigenvalue weighted by molar-refractivity contribution is 5.69. The van der Waals surface area contributed by atoms with E-state index in [1.807, 2.05) is 36.9 Å². The number of hydrogen-bond acceptors (Lipinski definition) is 7. The minimum atomic E-state index is -4.82. The third kappa shape index (κ3) is 6.74. The Morgan fingerprint density at radius 3 is 2.37 bits per heavy atom. The molecule has 2 fully saturated rings. The van der Waals surface area contributed by atoms with Gasteiger partial charge in [0.2, 0.25) is 5.88 Å². The highest BCUT2D eigenvalue weighted by Crippen LogP contribution is 2.25. The van der Waals surface area contributed by atoms with Crippen LogP contribution in [-0.4, -0.2) is 76.6 Å². The van der Waals surface area contributed by atoms with Crippen molar-refractivity contribution in [1.82, 2.24) is 19.8 Å². The maximum Gasteiger partial charge on any atom is 0.574 e. The molecule has 3 heterocycles. The lowest BCUT2D eigenvalue weighted by atomic mass is 10.1. The van der Waals surface area contributed by atoms with Crippen LogP contribution >= 0.6 is 0 Å². The molecule has 2 aromatic rings. The Morgan fingerprint density at radius 2 is 1.74 bits per heavy atom. The summed E-state index contributed by atoms with van der Waals surface area (Å²) in [5, 5.41) is 0. The number of nitrogens with zero attached hydrogens (tertiary/aromatic N) is 5. The van der Waals surface area contributed by atoms with Gasteiger partial charge in [0.25, 0.3) is 0 Å². The molecular formula is C24H30F3N5O3. The van der Waals surface area contributed by atoms with Crippen LogP contribution in [0.4, 0.5) is 23.8 Å². The van der Waals surface area contributed by atoms with Crippen LogP contribution in [0.15, 0.2) is 42.7 Å². The molecule has 190 valence electrons. The van der Waals surface area contributed by atoms with Crippen LogP contribution in [0, 0.1) is 0 Å². The summed E-state index contributed by atoms with van der Waals surface area (Å²) in [4.78, 5) is 26.7. The van der Waals surface area contributed by atoms with Gasteiger partial charge in [-0.1, -0.05) is 30.3 Å². The minimum Gasteiger partial charge on any atom is -0.446 e.